The highest BCUT2D eigenvalue weighted by Gasteiger charge is 2.17. The van der Waals surface area contributed by atoms with Crippen LogP contribution in [0.1, 0.15) is 21.0 Å². The zero-order chi connectivity index (χ0) is 9.30. The van der Waals surface area contributed by atoms with Gasteiger partial charge in [0.25, 0.3) is 11.8 Å². The summed E-state index contributed by atoms with van der Waals surface area (Å²) in [5, 5.41) is 0. The molecule has 0 aliphatic heterocycles. The largest absolute Gasteiger partial charge is 0.364 e. The van der Waals surface area contributed by atoms with Gasteiger partial charge in [0.2, 0.25) is 0 Å². The first kappa shape index (κ1) is 8.72. The summed E-state index contributed by atoms with van der Waals surface area (Å²) in [4.78, 5) is 27.4. The van der Waals surface area contributed by atoms with Crippen molar-refractivity contribution in [3.05, 3.63) is 16.1 Å². The topological polar surface area (TPSA) is 115 Å². The molecule has 0 radical (unpaired) electrons. The third-order valence-corrected chi connectivity index (χ3v) is 1.53. The van der Waals surface area contributed by atoms with Crippen LogP contribution >= 0.6 is 15.9 Å². The van der Waals surface area contributed by atoms with E-state index in [9.17, 15) is 9.59 Å². The predicted molar refractivity (Wildman–Crippen MR) is 43.3 cm³/mol. The van der Waals surface area contributed by atoms with E-state index in [1.807, 2.05) is 0 Å². The van der Waals surface area contributed by atoms with Crippen molar-refractivity contribution < 1.29 is 9.59 Å². The lowest BCUT2D eigenvalue weighted by atomic mass is 10.3. The number of primary amides is 2. The number of nitrogens with zero attached hydrogens (tertiary/aromatic N) is 1. The molecular weight excluding hydrogens is 228 g/mol. The van der Waals surface area contributed by atoms with E-state index in [1.54, 1.807) is 0 Å². The monoisotopic (exact) mass is 232 g/mol. The average Bonchev–Trinajstić information content (AvgIpc) is 2.31. The third-order valence-electron chi connectivity index (χ3n) is 1.15. The molecule has 6 nitrogen and oxygen atoms in total. The van der Waals surface area contributed by atoms with E-state index in [0.717, 1.165) is 0 Å². The standard InChI is InChI=1S/C5H5BrN4O2/c6-5-9-1(3(7)11)2(10-5)4(8)12/h(H2,7,11)(H2,8,12)(H,9,10). The summed E-state index contributed by atoms with van der Waals surface area (Å²) in [6, 6.07) is 0. The van der Waals surface area contributed by atoms with Crippen LogP contribution in [0.5, 0.6) is 0 Å². The van der Waals surface area contributed by atoms with E-state index < -0.39 is 11.8 Å². The summed E-state index contributed by atoms with van der Waals surface area (Å²) < 4.78 is 0.241. The predicted octanol–water partition coefficient (Wildman–Crippen LogP) is -0.630. The molecule has 1 aromatic rings. The number of H-pyrrole nitrogens is 1. The minimum absolute atomic E-state index is 0.0885. The van der Waals surface area contributed by atoms with E-state index in [-0.39, 0.29) is 16.1 Å². The quantitative estimate of drug-likeness (QED) is 0.631. The molecule has 12 heavy (non-hydrogen) atoms. The van der Waals surface area contributed by atoms with Crippen LogP contribution in [0.15, 0.2) is 4.73 Å². The van der Waals surface area contributed by atoms with Crippen molar-refractivity contribution in [1.82, 2.24) is 9.97 Å². The molecular formula is C5H5BrN4O2. The summed E-state index contributed by atoms with van der Waals surface area (Å²) in [5.74, 6) is -1.58. The maximum absolute atomic E-state index is 10.7. The Labute approximate surface area is 75.5 Å². The molecule has 5 N–H and O–H groups in total. The van der Waals surface area contributed by atoms with Crippen molar-refractivity contribution in [3.63, 3.8) is 0 Å². The minimum atomic E-state index is -0.800. The molecule has 0 spiro atoms. The maximum atomic E-state index is 10.7. The molecule has 1 rings (SSSR count). The SMILES string of the molecule is NC(=O)c1nc(Br)[nH]c1C(N)=O. The van der Waals surface area contributed by atoms with E-state index in [0.29, 0.717) is 0 Å². The van der Waals surface area contributed by atoms with Gasteiger partial charge in [0.1, 0.15) is 5.69 Å². The van der Waals surface area contributed by atoms with E-state index >= 15 is 0 Å². The first-order valence-corrected chi connectivity index (χ1v) is 3.66. The molecule has 0 saturated heterocycles. The number of hydrogen-bond donors (Lipinski definition) is 3. The number of carbonyl (C=O) groups is 2. The van der Waals surface area contributed by atoms with Crippen molar-refractivity contribution in [2.24, 2.45) is 11.5 Å². The molecule has 0 bridgehead atoms. The highest BCUT2D eigenvalue weighted by Crippen LogP contribution is 2.09. The first-order chi connectivity index (χ1) is 5.52. The lowest BCUT2D eigenvalue weighted by Crippen LogP contribution is -2.20. The highest BCUT2D eigenvalue weighted by molar-refractivity contribution is 9.10. The molecule has 1 heterocycles. The molecule has 0 aliphatic rings. The van der Waals surface area contributed by atoms with Gasteiger partial charge in [-0.3, -0.25) is 9.59 Å². The van der Waals surface area contributed by atoms with Crippen molar-refractivity contribution >= 4 is 27.7 Å². The lowest BCUT2D eigenvalue weighted by molar-refractivity contribution is 0.0962. The Balaban J connectivity index is 3.26. The molecule has 0 atom stereocenters. The number of halogens is 1. The molecule has 7 heteroatoms. The number of rotatable bonds is 2. The highest BCUT2D eigenvalue weighted by atomic mass is 79.9. The van der Waals surface area contributed by atoms with Crippen molar-refractivity contribution in [3.8, 4) is 0 Å². The normalized spacial score (nSPS) is 9.75. The van der Waals surface area contributed by atoms with Gasteiger partial charge in [-0.05, 0) is 15.9 Å². The van der Waals surface area contributed by atoms with Gasteiger partial charge >= 0.3 is 0 Å². The molecule has 0 aromatic carbocycles. The zero-order valence-corrected chi connectivity index (χ0v) is 7.38. The molecule has 0 unspecified atom stereocenters. The van der Waals surface area contributed by atoms with Crippen LogP contribution in [0.3, 0.4) is 0 Å². The summed E-state index contributed by atoms with van der Waals surface area (Å²) in [6.45, 7) is 0. The Kier molecular flexibility index (Phi) is 2.13. The van der Waals surface area contributed by atoms with Crippen molar-refractivity contribution in [2.75, 3.05) is 0 Å². The second-order valence-corrected chi connectivity index (χ2v) is 2.73. The van der Waals surface area contributed by atoms with Crippen LogP contribution in [0.25, 0.3) is 0 Å². The van der Waals surface area contributed by atoms with Gasteiger partial charge in [0, 0.05) is 0 Å². The number of carbonyl (C=O) groups excluding carboxylic acids is 2. The van der Waals surface area contributed by atoms with Gasteiger partial charge in [-0.2, -0.15) is 0 Å². The molecule has 2 amide bonds. The number of aromatic amines is 1. The smallest absolute Gasteiger partial charge is 0.269 e. The second kappa shape index (κ2) is 2.94. The van der Waals surface area contributed by atoms with Gasteiger partial charge < -0.3 is 16.5 Å². The summed E-state index contributed by atoms with van der Waals surface area (Å²) in [5.41, 5.74) is 9.60. The molecule has 0 aliphatic carbocycles. The van der Waals surface area contributed by atoms with Gasteiger partial charge in [-0.15, -0.1) is 0 Å². The number of amides is 2. The number of nitrogens with two attached hydrogens (primary N) is 2. The molecule has 0 fully saturated rings. The lowest BCUT2D eigenvalue weighted by Gasteiger charge is -1.90. The summed E-state index contributed by atoms with van der Waals surface area (Å²) in [6.07, 6.45) is 0. The summed E-state index contributed by atoms with van der Waals surface area (Å²) >= 11 is 2.94. The van der Waals surface area contributed by atoms with Gasteiger partial charge in [0.05, 0.1) is 0 Å². The Morgan fingerprint density at radius 3 is 2.25 bits per heavy atom. The van der Waals surface area contributed by atoms with Crippen LogP contribution in [-0.2, 0) is 0 Å². The Morgan fingerprint density at radius 1 is 1.33 bits per heavy atom. The fourth-order valence-corrected chi connectivity index (χ4v) is 1.08. The van der Waals surface area contributed by atoms with Crippen LogP contribution in [0.4, 0.5) is 0 Å². The Hall–Kier alpha value is -1.37. The average molecular weight is 233 g/mol. The number of hydrogen-bond acceptors (Lipinski definition) is 3. The first-order valence-electron chi connectivity index (χ1n) is 2.87. The van der Waals surface area contributed by atoms with Gasteiger partial charge in [0.15, 0.2) is 10.4 Å². The van der Waals surface area contributed by atoms with Gasteiger partial charge in [-0.1, -0.05) is 0 Å². The second-order valence-electron chi connectivity index (χ2n) is 1.98. The van der Waals surface area contributed by atoms with Crippen molar-refractivity contribution in [1.29, 1.82) is 0 Å². The van der Waals surface area contributed by atoms with Crippen molar-refractivity contribution in [2.45, 2.75) is 0 Å². The van der Waals surface area contributed by atoms with E-state index in [1.165, 1.54) is 0 Å². The summed E-state index contributed by atoms with van der Waals surface area (Å²) in [7, 11) is 0. The minimum Gasteiger partial charge on any atom is -0.364 e. The number of imidazole rings is 1. The number of aromatic nitrogens is 2. The fourth-order valence-electron chi connectivity index (χ4n) is 0.701. The molecule has 1 aromatic heterocycles. The maximum Gasteiger partial charge on any atom is 0.269 e. The zero-order valence-electron chi connectivity index (χ0n) is 5.80. The van der Waals surface area contributed by atoms with Crippen LogP contribution in [-0.4, -0.2) is 21.8 Å². The van der Waals surface area contributed by atoms with Gasteiger partial charge in [-0.25, -0.2) is 4.98 Å². The van der Waals surface area contributed by atoms with E-state index in [4.69, 9.17) is 11.5 Å². The van der Waals surface area contributed by atoms with Crippen LogP contribution in [0.2, 0.25) is 0 Å². The fraction of sp³-hybridized carbons (Fsp3) is 0. The molecule has 64 valence electrons. The molecule has 0 saturated carbocycles. The Morgan fingerprint density at radius 2 is 1.92 bits per heavy atom. The van der Waals surface area contributed by atoms with Crippen LogP contribution in [0, 0.1) is 0 Å². The van der Waals surface area contributed by atoms with E-state index in [2.05, 4.69) is 25.9 Å². The third kappa shape index (κ3) is 1.45. The Bertz CT molecular complexity index is 314. The van der Waals surface area contributed by atoms with Crippen LogP contribution < -0.4 is 11.5 Å². The number of nitrogens with one attached hydrogen (secondary N) is 1.